The molecule has 1 fully saturated rings. The van der Waals surface area contributed by atoms with Gasteiger partial charge in [-0.1, -0.05) is 0 Å². The topological polar surface area (TPSA) is 51.5 Å². The van der Waals surface area contributed by atoms with E-state index in [1.807, 2.05) is 6.20 Å². The van der Waals surface area contributed by atoms with Crippen molar-refractivity contribution in [2.75, 3.05) is 52.3 Å². The quantitative estimate of drug-likeness (QED) is 0.790. The van der Waals surface area contributed by atoms with Crippen LogP contribution >= 0.6 is 0 Å². The highest BCUT2D eigenvalue weighted by atomic mass is 16.5. The van der Waals surface area contributed by atoms with Gasteiger partial charge in [0, 0.05) is 45.7 Å². The molecule has 2 rings (SSSR count). The second-order valence-electron chi connectivity index (χ2n) is 4.57. The third-order valence-electron chi connectivity index (χ3n) is 3.08. The lowest BCUT2D eigenvalue weighted by atomic mass is 10.3. The third-order valence-corrected chi connectivity index (χ3v) is 3.08. The largest absolute Gasteiger partial charge is 0.383 e. The number of anilines is 1. The summed E-state index contributed by atoms with van der Waals surface area (Å²) in [4.78, 5) is 6.58. The molecule has 0 saturated carbocycles. The molecule has 0 aromatic carbocycles. The SMILES string of the molecule is COCCn1ccnc1NCC1CN(C)CCO1. The highest BCUT2D eigenvalue weighted by Gasteiger charge is 2.17. The predicted octanol–water partition coefficient (Wildman–Crippen LogP) is 0.272. The summed E-state index contributed by atoms with van der Waals surface area (Å²) in [5.74, 6) is 0.879. The van der Waals surface area contributed by atoms with Gasteiger partial charge in [0.05, 0.1) is 19.3 Å². The fourth-order valence-corrected chi connectivity index (χ4v) is 2.04. The lowest BCUT2D eigenvalue weighted by molar-refractivity contribution is -0.0118. The van der Waals surface area contributed by atoms with Crippen LogP contribution in [0.25, 0.3) is 0 Å². The monoisotopic (exact) mass is 254 g/mol. The Hall–Kier alpha value is -1.11. The highest BCUT2D eigenvalue weighted by Crippen LogP contribution is 2.07. The molecular weight excluding hydrogens is 232 g/mol. The van der Waals surface area contributed by atoms with Gasteiger partial charge in [-0.05, 0) is 7.05 Å². The smallest absolute Gasteiger partial charge is 0.202 e. The number of likely N-dealkylation sites (N-methyl/N-ethyl adjacent to an activating group) is 1. The molecule has 102 valence electrons. The van der Waals surface area contributed by atoms with Gasteiger partial charge in [-0.3, -0.25) is 0 Å². The van der Waals surface area contributed by atoms with E-state index in [1.54, 1.807) is 13.3 Å². The van der Waals surface area contributed by atoms with Crippen molar-refractivity contribution in [1.29, 1.82) is 0 Å². The first-order valence-corrected chi connectivity index (χ1v) is 6.33. The zero-order chi connectivity index (χ0) is 12.8. The van der Waals surface area contributed by atoms with E-state index in [0.717, 1.165) is 38.7 Å². The fourth-order valence-electron chi connectivity index (χ4n) is 2.04. The lowest BCUT2D eigenvalue weighted by Crippen LogP contribution is -2.43. The Morgan fingerprint density at radius 1 is 1.61 bits per heavy atom. The molecule has 0 spiro atoms. The van der Waals surface area contributed by atoms with E-state index in [2.05, 4.69) is 26.8 Å². The first kappa shape index (κ1) is 13.3. The van der Waals surface area contributed by atoms with Crippen molar-refractivity contribution in [3.05, 3.63) is 12.4 Å². The summed E-state index contributed by atoms with van der Waals surface area (Å²) in [5, 5.41) is 3.34. The number of imidazole rings is 1. The molecule has 6 nitrogen and oxygen atoms in total. The van der Waals surface area contributed by atoms with Gasteiger partial charge in [-0.2, -0.15) is 0 Å². The van der Waals surface area contributed by atoms with Crippen LogP contribution in [0.2, 0.25) is 0 Å². The van der Waals surface area contributed by atoms with Crippen LogP contribution < -0.4 is 5.32 Å². The molecule has 1 aromatic rings. The van der Waals surface area contributed by atoms with Crippen molar-refractivity contribution < 1.29 is 9.47 Å². The number of hydrogen-bond donors (Lipinski definition) is 1. The fraction of sp³-hybridized carbons (Fsp3) is 0.750. The maximum atomic E-state index is 5.70. The van der Waals surface area contributed by atoms with Gasteiger partial charge >= 0.3 is 0 Å². The molecule has 1 aromatic heterocycles. The van der Waals surface area contributed by atoms with Gasteiger partial charge in [-0.25, -0.2) is 4.98 Å². The minimum absolute atomic E-state index is 0.233. The first-order valence-electron chi connectivity index (χ1n) is 6.33. The molecule has 0 aliphatic carbocycles. The summed E-state index contributed by atoms with van der Waals surface area (Å²) in [5.41, 5.74) is 0. The number of morpholine rings is 1. The second kappa shape index (κ2) is 6.72. The second-order valence-corrected chi connectivity index (χ2v) is 4.57. The van der Waals surface area contributed by atoms with Crippen LogP contribution in [0.5, 0.6) is 0 Å². The van der Waals surface area contributed by atoms with Gasteiger partial charge in [0.2, 0.25) is 5.95 Å². The molecule has 2 heterocycles. The minimum Gasteiger partial charge on any atom is -0.383 e. The molecule has 1 unspecified atom stereocenters. The molecule has 0 radical (unpaired) electrons. The van der Waals surface area contributed by atoms with Crippen LogP contribution in [-0.4, -0.2) is 67.6 Å². The zero-order valence-corrected chi connectivity index (χ0v) is 11.1. The molecule has 1 atom stereocenters. The number of hydrogen-bond acceptors (Lipinski definition) is 5. The normalized spacial score (nSPS) is 21.1. The maximum absolute atomic E-state index is 5.70. The van der Waals surface area contributed by atoms with Crippen molar-refractivity contribution in [3.8, 4) is 0 Å². The molecule has 1 aliphatic rings. The molecule has 0 amide bonds. The standard InChI is InChI=1S/C12H22N4O2/c1-15-5-8-18-11(10-15)9-14-12-13-3-4-16(12)6-7-17-2/h3-4,11H,5-10H2,1-2H3,(H,13,14). The Balaban J connectivity index is 1.80. The molecule has 1 saturated heterocycles. The van der Waals surface area contributed by atoms with Crippen LogP contribution in [0.3, 0.4) is 0 Å². The van der Waals surface area contributed by atoms with Gasteiger partial charge in [0.25, 0.3) is 0 Å². The average Bonchev–Trinajstić information content (AvgIpc) is 2.81. The minimum atomic E-state index is 0.233. The van der Waals surface area contributed by atoms with Crippen LogP contribution in [0.15, 0.2) is 12.4 Å². The first-order chi connectivity index (χ1) is 8.79. The van der Waals surface area contributed by atoms with Gasteiger partial charge < -0.3 is 24.3 Å². The van der Waals surface area contributed by atoms with Gasteiger partial charge in [-0.15, -0.1) is 0 Å². The van der Waals surface area contributed by atoms with E-state index in [9.17, 15) is 0 Å². The van der Waals surface area contributed by atoms with Crippen molar-refractivity contribution in [3.63, 3.8) is 0 Å². The Labute approximate surface area is 108 Å². The molecular formula is C12H22N4O2. The summed E-state index contributed by atoms with van der Waals surface area (Å²) in [6, 6.07) is 0. The third kappa shape index (κ3) is 3.69. The van der Waals surface area contributed by atoms with Crippen molar-refractivity contribution in [1.82, 2.24) is 14.5 Å². The van der Waals surface area contributed by atoms with Crippen LogP contribution in [0.1, 0.15) is 0 Å². The van der Waals surface area contributed by atoms with Gasteiger partial charge in [0.1, 0.15) is 0 Å². The number of methoxy groups -OCH3 is 1. The van der Waals surface area contributed by atoms with Crippen LogP contribution in [0, 0.1) is 0 Å². The Morgan fingerprint density at radius 2 is 2.50 bits per heavy atom. The number of nitrogens with zero attached hydrogens (tertiary/aromatic N) is 3. The van der Waals surface area contributed by atoms with Crippen molar-refractivity contribution in [2.45, 2.75) is 12.6 Å². The molecule has 18 heavy (non-hydrogen) atoms. The van der Waals surface area contributed by atoms with E-state index < -0.39 is 0 Å². The maximum Gasteiger partial charge on any atom is 0.202 e. The van der Waals surface area contributed by atoms with E-state index >= 15 is 0 Å². The highest BCUT2D eigenvalue weighted by molar-refractivity contribution is 5.26. The van der Waals surface area contributed by atoms with E-state index in [0.29, 0.717) is 6.61 Å². The number of rotatable bonds is 6. The summed E-state index contributed by atoms with van der Waals surface area (Å²) in [7, 11) is 3.82. The number of aromatic nitrogens is 2. The molecule has 0 bridgehead atoms. The van der Waals surface area contributed by atoms with E-state index in [4.69, 9.17) is 9.47 Å². The lowest BCUT2D eigenvalue weighted by Gasteiger charge is -2.30. The predicted molar refractivity (Wildman–Crippen MR) is 69.8 cm³/mol. The molecule has 6 heteroatoms. The molecule has 1 N–H and O–H groups in total. The van der Waals surface area contributed by atoms with Crippen molar-refractivity contribution >= 4 is 5.95 Å². The zero-order valence-electron chi connectivity index (χ0n) is 11.1. The number of nitrogens with one attached hydrogen (secondary N) is 1. The summed E-state index contributed by atoms with van der Waals surface area (Å²) in [6.07, 6.45) is 3.98. The Morgan fingerprint density at radius 3 is 3.28 bits per heavy atom. The van der Waals surface area contributed by atoms with Gasteiger partial charge in [0.15, 0.2) is 0 Å². The number of ether oxygens (including phenoxy) is 2. The van der Waals surface area contributed by atoms with Crippen molar-refractivity contribution in [2.24, 2.45) is 0 Å². The summed E-state index contributed by atoms with van der Waals surface area (Å²) in [6.45, 7) is 5.07. The van der Waals surface area contributed by atoms with E-state index in [-0.39, 0.29) is 6.10 Å². The van der Waals surface area contributed by atoms with Crippen LogP contribution in [0.4, 0.5) is 5.95 Å². The summed E-state index contributed by atoms with van der Waals surface area (Å²) < 4.78 is 12.8. The molecule has 1 aliphatic heterocycles. The Bertz CT molecular complexity index is 356. The summed E-state index contributed by atoms with van der Waals surface area (Å²) >= 11 is 0. The van der Waals surface area contributed by atoms with Crippen LogP contribution in [-0.2, 0) is 16.0 Å². The Kier molecular flexibility index (Phi) is 4.98. The average molecular weight is 254 g/mol. The van der Waals surface area contributed by atoms with E-state index in [1.165, 1.54) is 0 Å².